The summed E-state index contributed by atoms with van der Waals surface area (Å²) in [6, 6.07) is 12.5. The lowest BCUT2D eigenvalue weighted by molar-refractivity contribution is 0.0942. The maximum atomic E-state index is 12.2. The van der Waals surface area contributed by atoms with Crippen molar-refractivity contribution in [1.82, 2.24) is 9.88 Å². The highest BCUT2D eigenvalue weighted by molar-refractivity contribution is 9.10. The fourth-order valence-electron chi connectivity index (χ4n) is 2.28. The van der Waals surface area contributed by atoms with Crippen LogP contribution in [0.3, 0.4) is 0 Å². The maximum absolute atomic E-state index is 12.2. The number of halogens is 1. The van der Waals surface area contributed by atoms with Gasteiger partial charge < -0.3 is 9.88 Å². The molecule has 0 aliphatic rings. The Labute approximate surface area is 134 Å². The highest BCUT2D eigenvalue weighted by Gasteiger charge is 2.14. The first-order chi connectivity index (χ1) is 10.1. The Balaban J connectivity index is 1.85. The number of carbonyl (C=O) groups excluding carboxylic acids is 1. The SMILES string of the molecule is CC(C)n1cc(Br)cc1C(=O)NCCCc1ccccc1. The highest BCUT2D eigenvalue weighted by atomic mass is 79.9. The molecule has 0 aliphatic carbocycles. The zero-order valence-corrected chi connectivity index (χ0v) is 14.1. The number of nitrogens with zero attached hydrogens (tertiary/aromatic N) is 1. The molecule has 0 unspecified atom stereocenters. The van der Waals surface area contributed by atoms with E-state index in [1.54, 1.807) is 0 Å². The summed E-state index contributed by atoms with van der Waals surface area (Å²) in [7, 11) is 0. The molecule has 1 aromatic carbocycles. The summed E-state index contributed by atoms with van der Waals surface area (Å²) in [5.74, 6) is -0.0116. The number of rotatable bonds is 6. The van der Waals surface area contributed by atoms with Gasteiger partial charge in [0.15, 0.2) is 0 Å². The van der Waals surface area contributed by atoms with E-state index in [0.29, 0.717) is 12.2 Å². The molecule has 0 saturated heterocycles. The largest absolute Gasteiger partial charge is 0.351 e. The first-order valence-corrected chi connectivity index (χ1v) is 8.06. The summed E-state index contributed by atoms with van der Waals surface area (Å²) in [4.78, 5) is 12.2. The van der Waals surface area contributed by atoms with Gasteiger partial charge in [-0.05, 0) is 54.2 Å². The Morgan fingerprint density at radius 3 is 2.67 bits per heavy atom. The van der Waals surface area contributed by atoms with Crippen molar-refractivity contribution >= 4 is 21.8 Å². The Hall–Kier alpha value is -1.55. The summed E-state index contributed by atoms with van der Waals surface area (Å²) in [5.41, 5.74) is 2.01. The maximum Gasteiger partial charge on any atom is 0.267 e. The Bertz CT molecular complexity index is 590. The second-order valence-electron chi connectivity index (χ2n) is 5.39. The molecule has 0 radical (unpaired) electrons. The van der Waals surface area contributed by atoms with Crippen molar-refractivity contribution in [3.05, 3.63) is 58.3 Å². The fourth-order valence-corrected chi connectivity index (χ4v) is 2.72. The van der Waals surface area contributed by atoms with Gasteiger partial charge >= 0.3 is 0 Å². The molecule has 1 heterocycles. The van der Waals surface area contributed by atoms with Gasteiger partial charge in [-0.1, -0.05) is 30.3 Å². The van der Waals surface area contributed by atoms with Crippen molar-refractivity contribution in [2.75, 3.05) is 6.54 Å². The van der Waals surface area contributed by atoms with Crippen LogP contribution in [0.15, 0.2) is 47.1 Å². The van der Waals surface area contributed by atoms with Gasteiger partial charge in [0, 0.05) is 23.3 Å². The molecule has 3 nitrogen and oxygen atoms in total. The van der Waals surface area contributed by atoms with Crippen LogP contribution in [0.2, 0.25) is 0 Å². The molecule has 2 rings (SSSR count). The molecule has 2 aromatic rings. The van der Waals surface area contributed by atoms with Crippen molar-refractivity contribution in [1.29, 1.82) is 0 Å². The molecule has 0 saturated carbocycles. The molecule has 112 valence electrons. The minimum Gasteiger partial charge on any atom is -0.351 e. The number of hydrogen-bond donors (Lipinski definition) is 1. The third-order valence-electron chi connectivity index (χ3n) is 3.37. The summed E-state index contributed by atoms with van der Waals surface area (Å²) in [6.07, 6.45) is 3.87. The van der Waals surface area contributed by atoms with Crippen LogP contribution in [0.4, 0.5) is 0 Å². The Morgan fingerprint density at radius 1 is 1.29 bits per heavy atom. The van der Waals surface area contributed by atoms with E-state index >= 15 is 0 Å². The van der Waals surface area contributed by atoms with Crippen molar-refractivity contribution in [3.8, 4) is 0 Å². The van der Waals surface area contributed by atoms with Crippen molar-refractivity contribution < 1.29 is 4.79 Å². The van der Waals surface area contributed by atoms with Crippen LogP contribution in [-0.4, -0.2) is 17.0 Å². The van der Waals surface area contributed by atoms with Gasteiger partial charge in [-0.3, -0.25) is 4.79 Å². The van der Waals surface area contributed by atoms with Gasteiger partial charge in [-0.25, -0.2) is 0 Å². The second kappa shape index (κ2) is 7.46. The van der Waals surface area contributed by atoms with E-state index < -0.39 is 0 Å². The quantitative estimate of drug-likeness (QED) is 0.780. The minimum atomic E-state index is -0.0116. The van der Waals surface area contributed by atoms with Gasteiger partial charge in [0.1, 0.15) is 5.69 Å². The minimum absolute atomic E-state index is 0.0116. The lowest BCUT2D eigenvalue weighted by atomic mass is 10.1. The lowest BCUT2D eigenvalue weighted by Gasteiger charge is -2.12. The van der Waals surface area contributed by atoms with Crippen molar-refractivity contribution in [3.63, 3.8) is 0 Å². The van der Waals surface area contributed by atoms with Crippen LogP contribution < -0.4 is 5.32 Å². The lowest BCUT2D eigenvalue weighted by Crippen LogP contribution is -2.27. The second-order valence-corrected chi connectivity index (χ2v) is 6.31. The van der Waals surface area contributed by atoms with E-state index in [4.69, 9.17) is 0 Å². The van der Waals surface area contributed by atoms with Crippen LogP contribution in [-0.2, 0) is 6.42 Å². The van der Waals surface area contributed by atoms with E-state index in [-0.39, 0.29) is 11.9 Å². The average molecular weight is 349 g/mol. The van der Waals surface area contributed by atoms with Crippen LogP contribution in [0, 0.1) is 0 Å². The van der Waals surface area contributed by atoms with Gasteiger partial charge in [0.2, 0.25) is 0 Å². The van der Waals surface area contributed by atoms with Crippen LogP contribution in [0.5, 0.6) is 0 Å². The molecule has 0 spiro atoms. The summed E-state index contributed by atoms with van der Waals surface area (Å²) in [6.45, 7) is 4.83. The molecule has 0 bridgehead atoms. The summed E-state index contributed by atoms with van der Waals surface area (Å²) in [5, 5.41) is 3.00. The van der Waals surface area contributed by atoms with Crippen LogP contribution in [0.1, 0.15) is 42.4 Å². The van der Waals surface area contributed by atoms with E-state index in [0.717, 1.165) is 17.3 Å². The number of aryl methyl sites for hydroxylation is 1. The predicted molar refractivity (Wildman–Crippen MR) is 89.6 cm³/mol. The molecule has 4 heteroatoms. The standard InChI is InChI=1S/C17H21BrN2O/c1-13(2)20-12-15(18)11-16(20)17(21)19-10-6-9-14-7-4-3-5-8-14/h3-5,7-8,11-13H,6,9-10H2,1-2H3,(H,19,21). The van der Waals surface area contributed by atoms with E-state index in [1.807, 2.05) is 35.0 Å². The molecule has 1 aromatic heterocycles. The Kier molecular flexibility index (Phi) is 5.62. The number of carbonyl (C=O) groups is 1. The molecular weight excluding hydrogens is 328 g/mol. The third kappa shape index (κ3) is 4.46. The average Bonchev–Trinajstić information content (AvgIpc) is 2.87. The molecule has 0 atom stereocenters. The number of nitrogens with one attached hydrogen (secondary N) is 1. The number of hydrogen-bond acceptors (Lipinski definition) is 1. The highest BCUT2D eigenvalue weighted by Crippen LogP contribution is 2.19. The van der Waals surface area contributed by atoms with Crippen LogP contribution in [0.25, 0.3) is 0 Å². The Morgan fingerprint density at radius 2 is 2.00 bits per heavy atom. The monoisotopic (exact) mass is 348 g/mol. The van der Waals surface area contributed by atoms with Gasteiger partial charge in [-0.2, -0.15) is 0 Å². The molecule has 0 aliphatic heterocycles. The number of aromatic nitrogens is 1. The number of benzene rings is 1. The first-order valence-electron chi connectivity index (χ1n) is 7.27. The number of amides is 1. The smallest absolute Gasteiger partial charge is 0.267 e. The van der Waals surface area contributed by atoms with Crippen molar-refractivity contribution in [2.24, 2.45) is 0 Å². The van der Waals surface area contributed by atoms with Gasteiger partial charge in [0.05, 0.1) is 0 Å². The first kappa shape index (κ1) is 15.8. The predicted octanol–water partition coefficient (Wildman–Crippen LogP) is 4.19. The fraction of sp³-hybridized carbons (Fsp3) is 0.353. The molecule has 21 heavy (non-hydrogen) atoms. The molecule has 0 fully saturated rings. The van der Waals surface area contributed by atoms with Crippen molar-refractivity contribution in [2.45, 2.75) is 32.7 Å². The molecule has 1 N–H and O–H groups in total. The van der Waals surface area contributed by atoms with E-state index in [1.165, 1.54) is 5.56 Å². The third-order valence-corrected chi connectivity index (χ3v) is 3.81. The summed E-state index contributed by atoms with van der Waals surface area (Å²) < 4.78 is 2.92. The zero-order valence-electron chi connectivity index (χ0n) is 12.5. The molecular formula is C17H21BrN2O. The van der Waals surface area contributed by atoms with Gasteiger partial charge in [-0.15, -0.1) is 0 Å². The molecule has 1 amide bonds. The zero-order chi connectivity index (χ0) is 15.2. The van der Waals surface area contributed by atoms with E-state index in [9.17, 15) is 4.79 Å². The topological polar surface area (TPSA) is 34.0 Å². The summed E-state index contributed by atoms with van der Waals surface area (Å²) >= 11 is 3.43. The van der Waals surface area contributed by atoms with Crippen LogP contribution >= 0.6 is 15.9 Å². The normalized spacial score (nSPS) is 10.9. The van der Waals surface area contributed by atoms with E-state index in [2.05, 4.69) is 47.2 Å². The van der Waals surface area contributed by atoms with Gasteiger partial charge in [0.25, 0.3) is 5.91 Å².